The summed E-state index contributed by atoms with van der Waals surface area (Å²) in [6.45, 7) is 6.48. The molecule has 0 aliphatic carbocycles. The number of aliphatic hydroxyl groups is 2. The number of carbonyl (C=O) groups is 1. The van der Waals surface area contributed by atoms with Gasteiger partial charge in [-0.3, -0.25) is 0 Å². The van der Waals surface area contributed by atoms with Gasteiger partial charge in [0.05, 0.1) is 6.10 Å². The van der Waals surface area contributed by atoms with E-state index in [2.05, 4.69) is 0 Å². The van der Waals surface area contributed by atoms with Crippen molar-refractivity contribution in [2.24, 2.45) is 5.92 Å². The van der Waals surface area contributed by atoms with Crippen LogP contribution >= 0.6 is 0 Å². The second kappa shape index (κ2) is 5.69. The highest BCUT2D eigenvalue weighted by Crippen LogP contribution is 2.21. The van der Waals surface area contributed by atoms with Crippen molar-refractivity contribution in [3.63, 3.8) is 0 Å². The Bertz CT molecular complexity index is 262. The highest BCUT2D eigenvalue weighted by atomic mass is 16.6. The van der Waals surface area contributed by atoms with Crippen molar-refractivity contribution in [1.82, 2.24) is 4.90 Å². The third-order valence-electron chi connectivity index (χ3n) is 2.85. The lowest BCUT2D eigenvalue weighted by atomic mass is 9.92. The van der Waals surface area contributed by atoms with Gasteiger partial charge < -0.3 is 19.8 Å². The molecule has 0 aromatic heterocycles. The molecular weight excluding hydrogens is 222 g/mol. The fourth-order valence-corrected chi connectivity index (χ4v) is 1.96. The first-order chi connectivity index (χ1) is 7.83. The zero-order valence-corrected chi connectivity index (χ0v) is 10.8. The van der Waals surface area contributed by atoms with Crippen molar-refractivity contribution in [2.75, 3.05) is 19.7 Å². The van der Waals surface area contributed by atoms with E-state index in [1.807, 2.05) is 20.8 Å². The van der Waals surface area contributed by atoms with Gasteiger partial charge in [0.25, 0.3) is 0 Å². The highest BCUT2D eigenvalue weighted by Gasteiger charge is 2.31. The number of amides is 1. The van der Waals surface area contributed by atoms with Crippen LogP contribution in [0.1, 0.15) is 33.6 Å². The predicted octanol–water partition coefficient (Wildman–Crippen LogP) is 0.987. The molecule has 0 saturated carbocycles. The summed E-state index contributed by atoms with van der Waals surface area (Å²) in [7, 11) is 0. The van der Waals surface area contributed by atoms with Gasteiger partial charge in [0.1, 0.15) is 5.60 Å². The van der Waals surface area contributed by atoms with E-state index in [-0.39, 0.29) is 18.6 Å². The Balaban J connectivity index is 2.52. The Morgan fingerprint density at radius 3 is 2.65 bits per heavy atom. The van der Waals surface area contributed by atoms with Gasteiger partial charge in [-0.15, -0.1) is 0 Å². The standard InChI is InChI=1S/C12H23NO4/c1-12(2,3)17-11(16)13-6-4-10(15)9(8-13)5-7-14/h9-10,14-15H,4-8H2,1-3H3/t9-,10+/m1/s1. The molecule has 17 heavy (non-hydrogen) atoms. The summed E-state index contributed by atoms with van der Waals surface area (Å²) in [5, 5.41) is 18.6. The van der Waals surface area contributed by atoms with Gasteiger partial charge in [-0.1, -0.05) is 0 Å². The van der Waals surface area contributed by atoms with E-state index in [0.29, 0.717) is 25.9 Å². The van der Waals surface area contributed by atoms with E-state index in [1.165, 1.54) is 0 Å². The average molecular weight is 245 g/mol. The van der Waals surface area contributed by atoms with E-state index in [4.69, 9.17) is 9.84 Å². The molecule has 0 aromatic rings. The van der Waals surface area contributed by atoms with Crippen molar-refractivity contribution >= 4 is 6.09 Å². The first-order valence-electron chi connectivity index (χ1n) is 6.10. The van der Waals surface area contributed by atoms with Crippen LogP contribution in [-0.2, 0) is 4.74 Å². The van der Waals surface area contributed by atoms with Gasteiger partial charge in [0, 0.05) is 25.6 Å². The number of likely N-dealkylation sites (tertiary alicyclic amines) is 1. The van der Waals surface area contributed by atoms with E-state index in [0.717, 1.165) is 0 Å². The molecule has 0 aromatic carbocycles. The molecule has 0 unspecified atom stereocenters. The number of hydrogen-bond donors (Lipinski definition) is 2. The van der Waals surface area contributed by atoms with E-state index in [1.54, 1.807) is 4.90 Å². The Labute approximate surface area is 102 Å². The molecule has 1 aliphatic heterocycles. The molecule has 1 rings (SSSR count). The largest absolute Gasteiger partial charge is 0.444 e. The summed E-state index contributed by atoms with van der Waals surface area (Å²) >= 11 is 0. The number of rotatable bonds is 2. The molecule has 0 spiro atoms. The number of carbonyl (C=O) groups excluding carboxylic acids is 1. The molecule has 0 bridgehead atoms. The molecule has 5 nitrogen and oxygen atoms in total. The average Bonchev–Trinajstić information content (AvgIpc) is 2.19. The number of nitrogens with zero attached hydrogens (tertiary/aromatic N) is 1. The lowest BCUT2D eigenvalue weighted by Crippen LogP contribution is -2.47. The Kier molecular flexibility index (Phi) is 4.77. The van der Waals surface area contributed by atoms with Crippen LogP contribution in [-0.4, -0.2) is 52.6 Å². The van der Waals surface area contributed by atoms with Crippen molar-refractivity contribution < 1.29 is 19.7 Å². The Morgan fingerprint density at radius 2 is 2.12 bits per heavy atom. The monoisotopic (exact) mass is 245 g/mol. The van der Waals surface area contributed by atoms with E-state index in [9.17, 15) is 9.90 Å². The molecular formula is C12H23NO4. The highest BCUT2D eigenvalue weighted by molar-refractivity contribution is 5.68. The fraction of sp³-hybridized carbons (Fsp3) is 0.917. The Morgan fingerprint density at radius 1 is 1.47 bits per heavy atom. The van der Waals surface area contributed by atoms with Crippen LogP contribution in [0.2, 0.25) is 0 Å². The summed E-state index contributed by atoms with van der Waals surface area (Å²) in [5.74, 6) is -0.0544. The maximum Gasteiger partial charge on any atom is 0.410 e. The second-order valence-electron chi connectivity index (χ2n) is 5.55. The van der Waals surface area contributed by atoms with E-state index < -0.39 is 11.7 Å². The zero-order valence-electron chi connectivity index (χ0n) is 10.8. The van der Waals surface area contributed by atoms with Crippen LogP contribution in [0.25, 0.3) is 0 Å². The number of aliphatic hydroxyl groups excluding tert-OH is 2. The SMILES string of the molecule is CC(C)(C)OC(=O)N1CC[C@H](O)[C@H](CCO)C1. The summed E-state index contributed by atoms with van der Waals surface area (Å²) in [6.07, 6.45) is 0.290. The molecule has 1 aliphatic rings. The van der Waals surface area contributed by atoms with Crippen LogP contribution in [0.4, 0.5) is 4.79 Å². The van der Waals surface area contributed by atoms with Crippen LogP contribution in [0.15, 0.2) is 0 Å². The number of ether oxygens (including phenoxy) is 1. The smallest absolute Gasteiger partial charge is 0.410 e. The van der Waals surface area contributed by atoms with E-state index >= 15 is 0 Å². The Hall–Kier alpha value is -0.810. The molecule has 5 heteroatoms. The van der Waals surface area contributed by atoms with Crippen molar-refractivity contribution in [3.05, 3.63) is 0 Å². The van der Waals surface area contributed by atoms with Crippen LogP contribution in [0, 0.1) is 5.92 Å². The molecule has 0 radical (unpaired) electrons. The summed E-state index contributed by atoms with van der Waals surface area (Å²) < 4.78 is 5.28. The van der Waals surface area contributed by atoms with Crippen molar-refractivity contribution in [2.45, 2.75) is 45.3 Å². The quantitative estimate of drug-likeness (QED) is 0.761. The van der Waals surface area contributed by atoms with Gasteiger partial charge in [-0.05, 0) is 33.6 Å². The van der Waals surface area contributed by atoms with Crippen molar-refractivity contribution in [3.8, 4) is 0 Å². The molecule has 100 valence electrons. The zero-order chi connectivity index (χ0) is 13.1. The molecule has 1 heterocycles. The van der Waals surface area contributed by atoms with Crippen LogP contribution < -0.4 is 0 Å². The van der Waals surface area contributed by atoms with Gasteiger partial charge in [0.15, 0.2) is 0 Å². The predicted molar refractivity (Wildman–Crippen MR) is 63.6 cm³/mol. The lowest BCUT2D eigenvalue weighted by molar-refractivity contribution is -0.0130. The second-order valence-corrected chi connectivity index (χ2v) is 5.55. The first kappa shape index (κ1) is 14.3. The third-order valence-corrected chi connectivity index (χ3v) is 2.85. The number of piperidine rings is 1. The minimum Gasteiger partial charge on any atom is -0.444 e. The normalized spacial score (nSPS) is 25.8. The van der Waals surface area contributed by atoms with Gasteiger partial charge in [0.2, 0.25) is 0 Å². The minimum absolute atomic E-state index is 0.0316. The molecule has 2 N–H and O–H groups in total. The molecule has 1 saturated heterocycles. The summed E-state index contributed by atoms with van der Waals surface area (Å²) in [5.41, 5.74) is -0.500. The van der Waals surface area contributed by atoms with Gasteiger partial charge in [-0.25, -0.2) is 4.79 Å². The lowest BCUT2D eigenvalue weighted by Gasteiger charge is -2.36. The first-order valence-corrected chi connectivity index (χ1v) is 6.10. The fourth-order valence-electron chi connectivity index (χ4n) is 1.96. The van der Waals surface area contributed by atoms with Gasteiger partial charge >= 0.3 is 6.09 Å². The van der Waals surface area contributed by atoms with Crippen LogP contribution in [0.5, 0.6) is 0 Å². The van der Waals surface area contributed by atoms with Crippen molar-refractivity contribution in [1.29, 1.82) is 0 Å². The minimum atomic E-state index is -0.500. The van der Waals surface area contributed by atoms with Crippen LogP contribution in [0.3, 0.4) is 0 Å². The molecule has 1 amide bonds. The summed E-state index contributed by atoms with van der Waals surface area (Å²) in [4.78, 5) is 13.4. The third kappa shape index (κ3) is 4.52. The number of hydrogen-bond acceptors (Lipinski definition) is 4. The molecule has 2 atom stereocenters. The topological polar surface area (TPSA) is 70.0 Å². The van der Waals surface area contributed by atoms with Gasteiger partial charge in [-0.2, -0.15) is 0 Å². The maximum atomic E-state index is 11.8. The maximum absolute atomic E-state index is 11.8. The molecule has 1 fully saturated rings. The summed E-state index contributed by atoms with van der Waals surface area (Å²) in [6, 6.07) is 0.